The van der Waals surface area contributed by atoms with E-state index in [-0.39, 0.29) is 24.4 Å². The van der Waals surface area contributed by atoms with Crippen LogP contribution < -0.4 is 15.8 Å². The number of aryl methyl sites for hydroxylation is 1. The van der Waals surface area contributed by atoms with Crippen LogP contribution in [0, 0.1) is 12.8 Å². The molecular formula is C18H29ClN2O2. The number of ether oxygens (including phenoxy) is 1. The van der Waals surface area contributed by atoms with Crippen LogP contribution in [0.2, 0.25) is 0 Å². The molecule has 2 atom stereocenters. The van der Waals surface area contributed by atoms with Crippen molar-refractivity contribution in [2.45, 2.75) is 58.6 Å². The molecule has 0 aromatic heterocycles. The zero-order valence-corrected chi connectivity index (χ0v) is 15.3. The highest BCUT2D eigenvalue weighted by atomic mass is 35.5. The molecule has 0 radical (unpaired) electrons. The molecule has 4 nitrogen and oxygen atoms in total. The summed E-state index contributed by atoms with van der Waals surface area (Å²) in [6.45, 7) is 8.71. The maximum atomic E-state index is 12.1. The van der Waals surface area contributed by atoms with E-state index in [1.165, 1.54) is 24.0 Å². The maximum Gasteiger partial charge on any atom is 0.260 e. The van der Waals surface area contributed by atoms with Gasteiger partial charge in [0.15, 0.2) is 6.10 Å². The van der Waals surface area contributed by atoms with Gasteiger partial charge in [-0.3, -0.25) is 4.79 Å². The average Bonchev–Trinajstić information content (AvgIpc) is 3.28. The Morgan fingerprint density at radius 2 is 2.00 bits per heavy atom. The number of rotatable bonds is 7. The average molecular weight is 341 g/mol. The van der Waals surface area contributed by atoms with Gasteiger partial charge in [0.05, 0.1) is 0 Å². The molecule has 1 amide bonds. The smallest absolute Gasteiger partial charge is 0.260 e. The first-order valence-electron chi connectivity index (χ1n) is 8.19. The number of hydrogen-bond acceptors (Lipinski definition) is 3. The molecule has 130 valence electrons. The summed E-state index contributed by atoms with van der Waals surface area (Å²) in [5.41, 5.74) is 8.49. The quantitative estimate of drug-likeness (QED) is 0.801. The van der Waals surface area contributed by atoms with Crippen molar-refractivity contribution in [1.82, 2.24) is 5.32 Å². The molecule has 1 aromatic carbocycles. The largest absolute Gasteiger partial charge is 0.481 e. The number of hydrogen-bond donors (Lipinski definition) is 2. The van der Waals surface area contributed by atoms with Crippen LogP contribution in [0.5, 0.6) is 5.75 Å². The van der Waals surface area contributed by atoms with Gasteiger partial charge in [0.25, 0.3) is 5.91 Å². The molecule has 3 N–H and O–H groups in total. The van der Waals surface area contributed by atoms with Crippen LogP contribution in [0.1, 0.15) is 50.7 Å². The van der Waals surface area contributed by atoms with Crippen LogP contribution in [-0.4, -0.2) is 24.6 Å². The van der Waals surface area contributed by atoms with E-state index in [9.17, 15) is 4.79 Å². The van der Waals surface area contributed by atoms with E-state index in [0.29, 0.717) is 18.4 Å². The first-order valence-corrected chi connectivity index (χ1v) is 8.19. The second-order valence-corrected chi connectivity index (χ2v) is 6.68. The van der Waals surface area contributed by atoms with E-state index >= 15 is 0 Å². The predicted octanol–water partition coefficient (Wildman–Crippen LogP) is 3.16. The first kappa shape index (κ1) is 19.8. The molecule has 1 aliphatic carbocycles. The third kappa shape index (κ3) is 5.70. The van der Waals surface area contributed by atoms with Crippen molar-refractivity contribution in [2.24, 2.45) is 11.7 Å². The summed E-state index contributed by atoms with van der Waals surface area (Å²) in [5.74, 6) is 1.69. The van der Waals surface area contributed by atoms with Gasteiger partial charge in [0.2, 0.25) is 0 Å². The van der Waals surface area contributed by atoms with Crippen LogP contribution in [0.25, 0.3) is 0 Å². The van der Waals surface area contributed by atoms with Crippen LogP contribution >= 0.6 is 12.4 Å². The molecule has 0 spiro atoms. The number of nitrogens with two attached hydrogens (primary N) is 1. The highest BCUT2D eigenvalue weighted by molar-refractivity contribution is 5.85. The summed E-state index contributed by atoms with van der Waals surface area (Å²) in [4.78, 5) is 12.1. The number of halogens is 1. The minimum atomic E-state index is -0.518. The van der Waals surface area contributed by atoms with Gasteiger partial charge in [0, 0.05) is 12.6 Å². The molecule has 1 aromatic rings. The lowest BCUT2D eigenvalue weighted by Crippen LogP contribution is -2.43. The van der Waals surface area contributed by atoms with E-state index < -0.39 is 6.10 Å². The van der Waals surface area contributed by atoms with Crippen molar-refractivity contribution in [3.63, 3.8) is 0 Å². The standard InChI is InChI=1S/C18H28N2O2.ClH/c1-11(2)16-8-7-15(9-12(16)3)22-13(4)18(21)20-10-17(19)14-5-6-14;/h7-9,11,13-14,17H,5-6,10,19H2,1-4H3,(H,20,21);1H. The lowest BCUT2D eigenvalue weighted by Gasteiger charge is -2.18. The molecule has 5 heteroatoms. The second-order valence-electron chi connectivity index (χ2n) is 6.68. The Morgan fingerprint density at radius 3 is 2.52 bits per heavy atom. The molecule has 1 fully saturated rings. The molecular weight excluding hydrogens is 312 g/mol. The van der Waals surface area contributed by atoms with Gasteiger partial charge >= 0.3 is 0 Å². The fourth-order valence-corrected chi connectivity index (χ4v) is 2.68. The Morgan fingerprint density at radius 1 is 1.35 bits per heavy atom. The number of carbonyl (C=O) groups excluding carboxylic acids is 1. The van der Waals surface area contributed by atoms with Gasteiger partial charge in [-0.1, -0.05) is 19.9 Å². The Hall–Kier alpha value is -1.26. The van der Waals surface area contributed by atoms with Crippen molar-refractivity contribution < 1.29 is 9.53 Å². The molecule has 23 heavy (non-hydrogen) atoms. The van der Waals surface area contributed by atoms with E-state index in [0.717, 1.165) is 5.75 Å². The van der Waals surface area contributed by atoms with Crippen molar-refractivity contribution >= 4 is 18.3 Å². The topological polar surface area (TPSA) is 64.3 Å². The van der Waals surface area contributed by atoms with Gasteiger partial charge < -0.3 is 15.8 Å². The van der Waals surface area contributed by atoms with E-state index in [1.54, 1.807) is 6.92 Å². The minimum absolute atomic E-state index is 0. The Bertz CT molecular complexity index is 530. The van der Waals surface area contributed by atoms with Crippen LogP contribution in [-0.2, 0) is 4.79 Å². The third-order valence-electron chi connectivity index (χ3n) is 4.28. The normalized spacial score (nSPS) is 16.4. The maximum absolute atomic E-state index is 12.1. The zero-order valence-electron chi connectivity index (χ0n) is 14.5. The van der Waals surface area contributed by atoms with E-state index in [2.05, 4.69) is 32.2 Å². The predicted molar refractivity (Wildman–Crippen MR) is 96.3 cm³/mol. The molecule has 0 aliphatic heterocycles. The molecule has 2 unspecified atom stereocenters. The number of amides is 1. The Labute approximate surface area is 145 Å². The van der Waals surface area contributed by atoms with Crippen LogP contribution in [0.15, 0.2) is 18.2 Å². The van der Waals surface area contributed by atoms with Crippen LogP contribution in [0.3, 0.4) is 0 Å². The van der Waals surface area contributed by atoms with Crippen molar-refractivity contribution in [1.29, 1.82) is 0 Å². The van der Waals surface area contributed by atoms with Crippen molar-refractivity contribution in [3.8, 4) is 5.75 Å². The number of carbonyl (C=O) groups is 1. The summed E-state index contributed by atoms with van der Waals surface area (Å²) in [5, 5.41) is 2.88. The molecule has 0 bridgehead atoms. The van der Waals surface area contributed by atoms with Crippen molar-refractivity contribution in [2.75, 3.05) is 6.54 Å². The van der Waals surface area contributed by atoms with Gasteiger partial charge in [-0.15, -0.1) is 12.4 Å². The number of nitrogens with one attached hydrogen (secondary N) is 1. The van der Waals surface area contributed by atoms with Gasteiger partial charge in [0.1, 0.15) is 5.75 Å². The molecule has 1 saturated carbocycles. The van der Waals surface area contributed by atoms with Crippen LogP contribution in [0.4, 0.5) is 0 Å². The summed E-state index contributed by atoms with van der Waals surface area (Å²) in [7, 11) is 0. The Balaban J connectivity index is 0.00000264. The highest BCUT2D eigenvalue weighted by Gasteiger charge is 2.29. The van der Waals surface area contributed by atoms with E-state index in [1.807, 2.05) is 12.1 Å². The Kier molecular flexibility index (Phi) is 7.36. The highest BCUT2D eigenvalue weighted by Crippen LogP contribution is 2.31. The van der Waals surface area contributed by atoms with Gasteiger partial charge in [-0.05, 0) is 61.8 Å². The minimum Gasteiger partial charge on any atom is -0.481 e. The lowest BCUT2D eigenvalue weighted by molar-refractivity contribution is -0.127. The summed E-state index contributed by atoms with van der Waals surface area (Å²) < 4.78 is 5.75. The summed E-state index contributed by atoms with van der Waals surface area (Å²) >= 11 is 0. The summed E-state index contributed by atoms with van der Waals surface area (Å²) in [6, 6.07) is 6.07. The fourth-order valence-electron chi connectivity index (χ4n) is 2.68. The second kappa shape index (κ2) is 8.55. The first-order chi connectivity index (χ1) is 10.4. The van der Waals surface area contributed by atoms with Gasteiger partial charge in [-0.25, -0.2) is 0 Å². The SMILES string of the molecule is Cc1cc(OC(C)C(=O)NCC(N)C2CC2)ccc1C(C)C.Cl. The monoisotopic (exact) mass is 340 g/mol. The number of benzene rings is 1. The van der Waals surface area contributed by atoms with Crippen molar-refractivity contribution in [3.05, 3.63) is 29.3 Å². The van der Waals surface area contributed by atoms with E-state index in [4.69, 9.17) is 10.5 Å². The molecule has 1 aliphatic rings. The third-order valence-corrected chi connectivity index (χ3v) is 4.28. The fraction of sp³-hybridized carbons (Fsp3) is 0.611. The summed E-state index contributed by atoms with van der Waals surface area (Å²) in [6.07, 6.45) is 1.85. The molecule has 2 rings (SSSR count). The lowest BCUT2D eigenvalue weighted by atomic mass is 9.98. The molecule has 0 heterocycles. The zero-order chi connectivity index (χ0) is 16.3. The van der Waals surface area contributed by atoms with Gasteiger partial charge in [-0.2, -0.15) is 0 Å². The molecule has 0 saturated heterocycles.